The summed E-state index contributed by atoms with van der Waals surface area (Å²) in [6, 6.07) is 8.10. The second kappa shape index (κ2) is 6.46. The molecule has 0 saturated heterocycles. The van der Waals surface area contributed by atoms with Gasteiger partial charge in [0.1, 0.15) is 5.75 Å². The van der Waals surface area contributed by atoms with Crippen molar-refractivity contribution in [2.45, 2.75) is 39.2 Å². The minimum absolute atomic E-state index is 0.347. The van der Waals surface area contributed by atoms with Crippen LogP contribution in [0.15, 0.2) is 24.3 Å². The largest absolute Gasteiger partial charge is 0.508 e. The minimum atomic E-state index is 0.347. The number of nitrogens with one attached hydrogen (secondary N) is 1. The monoisotopic (exact) mass is 207 g/mol. The van der Waals surface area contributed by atoms with E-state index in [1.54, 1.807) is 12.1 Å². The van der Waals surface area contributed by atoms with Crippen LogP contribution in [0.2, 0.25) is 0 Å². The predicted octanol–water partition coefficient (Wildman–Crippen LogP) is 2.71. The summed E-state index contributed by atoms with van der Waals surface area (Å²) in [5, 5.41) is 12.5. The molecular weight excluding hydrogens is 186 g/mol. The zero-order chi connectivity index (χ0) is 11.1. The van der Waals surface area contributed by atoms with Gasteiger partial charge in [-0.25, -0.2) is 0 Å². The van der Waals surface area contributed by atoms with Gasteiger partial charge in [-0.2, -0.15) is 0 Å². The maximum absolute atomic E-state index is 9.13. The van der Waals surface area contributed by atoms with Crippen LogP contribution in [0.3, 0.4) is 0 Å². The van der Waals surface area contributed by atoms with Gasteiger partial charge in [0.05, 0.1) is 0 Å². The molecule has 0 aliphatic heterocycles. The number of rotatable bonds is 6. The molecule has 1 aromatic carbocycles. The van der Waals surface area contributed by atoms with Gasteiger partial charge < -0.3 is 10.4 Å². The summed E-state index contributed by atoms with van der Waals surface area (Å²) in [6.45, 7) is 5.40. The van der Waals surface area contributed by atoms with E-state index >= 15 is 0 Å². The van der Waals surface area contributed by atoms with E-state index in [1.807, 2.05) is 12.1 Å². The standard InChI is InChI=1S/C13H21NO/c1-3-14-11(2)5-4-6-12-7-9-13(15)10-8-12/h7-11,14-15H,3-6H2,1-2H3. The Morgan fingerprint density at radius 3 is 2.53 bits per heavy atom. The third-order valence-corrected chi connectivity index (χ3v) is 2.59. The Balaban J connectivity index is 2.22. The number of aryl methyl sites for hydroxylation is 1. The molecule has 2 heteroatoms. The highest BCUT2D eigenvalue weighted by Gasteiger charge is 1.99. The highest BCUT2D eigenvalue weighted by atomic mass is 16.3. The van der Waals surface area contributed by atoms with Crippen LogP contribution in [0.4, 0.5) is 0 Å². The van der Waals surface area contributed by atoms with Crippen LogP contribution in [-0.4, -0.2) is 17.7 Å². The maximum atomic E-state index is 9.13. The Morgan fingerprint density at radius 1 is 1.27 bits per heavy atom. The van der Waals surface area contributed by atoms with E-state index in [0.29, 0.717) is 11.8 Å². The average Bonchev–Trinajstić information content (AvgIpc) is 2.21. The fourth-order valence-electron chi connectivity index (χ4n) is 1.73. The summed E-state index contributed by atoms with van der Waals surface area (Å²) in [4.78, 5) is 0. The van der Waals surface area contributed by atoms with E-state index in [2.05, 4.69) is 19.2 Å². The first-order chi connectivity index (χ1) is 7.22. The quantitative estimate of drug-likeness (QED) is 0.751. The first kappa shape index (κ1) is 12.1. The van der Waals surface area contributed by atoms with Crippen molar-refractivity contribution in [3.8, 4) is 5.75 Å². The zero-order valence-corrected chi connectivity index (χ0v) is 9.66. The van der Waals surface area contributed by atoms with Gasteiger partial charge in [0.25, 0.3) is 0 Å². The van der Waals surface area contributed by atoms with Crippen LogP contribution in [0, 0.1) is 0 Å². The number of phenols is 1. The van der Waals surface area contributed by atoms with Gasteiger partial charge >= 0.3 is 0 Å². The lowest BCUT2D eigenvalue weighted by molar-refractivity contribution is 0.474. The Morgan fingerprint density at radius 2 is 1.93 bits per heavy atom. The maximum Gasteiger partial charge on any atom is 0.115 e. The molecule has 0 aromatic heterocycles. The van der Waals surface area contributed by atoms with E-state index in [0.717, 1.165) is 13.0 Å². The molecule has 0 heterocycles. The molecule has 0 radical (unpaired) electrons. The Bertz CT molecular complexity index is 268. The van der Waals surface area contributed by atoms with E-state index in [-0.39, 0.29) is 0 Å². The van der Waals surface area contributed by atoms with Crippen molar-refractivity contribution in [2.75, 3.05) is 6.54 Å². The first-order valence-corrected chi connectivity index (χ1v) is 5.73. The molecule has 0 aliphatic rings. The molecule has 0 spiro atoms. The van der Waals surface area contributed by atoms with Gasteiger partial charge in [-0.15, -0.1) is 0 Å². The number of phenolic OH excluding ortho intramolecular Hbond substituents is 1. The van der Waals surface area contributed by atoms with Crippen LogP contribution in [-0.2, 0) is 6.42 Å². The van der Waals surface area contributed by atoms with E-state index in [4.69, 9.17) is 5.11 Å². The van der Waals surface area contributed by atoms with Gasteiger partial charge in [0.2, 0.25) is 0 Å². The third kappa shape index (κ3) is 4.84. The first-order valence-electron chi connectivity index (χ1n) is 5.73. The Labute approximate surface area is 92.3 Å². The normalized spacial score (nSPS) is 12.7. The van der Waals surface area contributed by atoms with Crippen LogP contribution >= 0.6 is 0 Å². The van der Waals surface area contributed by atoms with Crippen LogP contribution in [0.25, 0.3) is 0 Å². The summed E-state index contributed by atoms with van der Waals surface area (Å²) in [7, 11) is 0. The molecule has 0 saturated carbocycles. The topological polar surface area (TPSA) is 32.3 Å². The second-order valence-electron chi connectivity index (χ2n) is 4.02. The summed E-state index contributed by atoms with van der Waals surface area (Å²) >= 11 is 0. The molecule has 2 nitrogen and oxygen atoms in total. The molecule has 1 aromatic rings. The predicted molar refractivity (Wildman–Crippen MR) is 64.2 cm³/mol. The van der Waals surface area contributed by atoms with Crippen molar-refractivity contribution in [1.29, 1.82) is 0 Å². The molecule has 0 bridgehead atoms. The minimum Gasteiger partial charge on any atom is -0.508 e. The highest BCUT2D eigenvalue weighted by molar-refractivity contribution is 5.25. The zero-order valence-electron chi connectivity index (χ0n) is 9.66. The van der Waals surface area contributed by atoms with Crippen LogP contribution in [0.1, 0.15) is 32.3 Å². The molecule has 1 atom stereocenters. The molecule has 0 fully saturated rings. The average molecular weight is 207 g/mol. The van der Waals surface area contributed by atoms with E-state index < -0.39 is 0 Å². The van der Waals surface area contributed by atoms with Crippen LogP contribution in [0.5, 0.6) is 5.75 Å². The number of aromatic hydroxyl groups is 1. The summed E-state index contributed by atoms with van der Waals surface area (Å²) in [5.41, 5.74) is 1.30. The van der Waals surface area contributed by atoms with Crippen LogP contribution < -0.4 is 5.32 Å². The Kier molecular flexibility index (Phi) is 5.19. The Hall–Kier alpha value is -1.02. The third-order valence-electron chi connectivity index (χ3n) is 2.59. The second-order valence-corrected chi connectivity index (χ2v) is 4.02. The number of hydrogen-bond donors (Lipinski definition) is 2. The van der Waals surface area contributed by atoms with Crippen molar-refractivity contribution < 1.29 is 5.11 Å². The summed E-state index contributed by atoms with van der Waals surface area (Å²) in [5.74, 6) is 0.347. The highest BCUT2D eigenvalue weighted by Crippen LogP contribution is 2.12. The molecule has 0 amide bonds. The molecule has 0 aliphatic carbocycles. The molecule has 1 rings (SSSR count). The lowest BCUT2D eigenvalue weighted by Gasteiger charge is -2.11. The van der Waals surface area contributed by atoms with Gasteiger partial charge in [-0.1, -0.05) is 19.1 Å². The van der Waals surface area contributed by atoms with Crippen molar-refractivity contribution in [3.63, 3.8) is 0 Å². The van der Waals surface area contributed by atoms with Gasteiger partial charge in [0, 0.05) is 6.04 Å². The summed E-state index contributed by atoms with van der Waals surface area (Å²) < 4.78 is 0. The van der Waals surface area contributed by atoms with Gasteiger partial charge in [0.15, 0.2) is 0 Å². The van der Waals surface area contributed by atoms with E-state index in [1.165, 1.54) is 18.4 Å². The lowest BCUT2D eigenvalue weighted by atomic mass is 10.1. The lowest BCUT2D eigenvalue weighted by Crippen LogP contribution is -2.25. The molecule has 84 valence electrons. The van der Waals surface area contributed by atoms with E-state index in [9.17, 15) is 0 Å². The number of hydrogen-bond acceptors (Lipinski definition) is 2. The van der Waals surface area contributed by atoms with Gasteiger partial charge in [-0.05, 0) is 50.4 Å². The fourth-order valence-corrected chi connectivity index (χ4v) is 1.73. The smallest absolute Gasteiger partial charge is 0.115 e. The van der Waals surface area contributed by atoms with Crippen molar-refractivity contribution in [3.05, 3.63) is 29.8 Å². The van der Waals surface area contributed by atoms with Crippen molar-refractivity contribution in [2.24, 2.45) is 0 Å². The SMILES string of the molecule is CCNC(C)CCCc1ccc(O)cc1. The molecule has 1 unspecified atom stereocenters. The van der Waals surface area contributed by atoms with Crippen molar-refractivity contribution in [1.82, 2.24) is 5.32 Å². The number of benzene rings is 1. The summed E-state index contributed by atoms with van der Waals surface area (Å²) in [6.07, 6.45) is 3.49. The van der Waals surface area contributed by atoms with Crippen molar-refractivity contribution >= 4 is 0 Å². The fraction of sp³-hybridized carbons (Fsp3) is 0.538. The molecule has 15 heavy (non-hydrogen) atoms. The molecule has 2 N–H and O–H groups in total. The molecular formula is C13H21NO. The van der Waals surface area contributed by atoms with Gasteiger partial charge in [-0.3, -0.25) is 0 Å².